The van der Waals surface area contributed by atoms with Gasteiger partial charge < -0.3 is 20.5 Å². The average molecular weight is 427 g/mol. The first-order chi connectivity index (χ1) is 14.1. The van der Waals surface area contributed by atoms with Gasteiger partial charge in [0, 0.05) is 29.9 Å². The van der Waals surface area contributed by atoms with E-state index in [4.69, 9.17) is 20.2 Å². The van der Waals surface area contributed by atoms with Gasteiger partial charge in [-0.05, 0) is 36.4 Å². The summed E-state index contributed by atoms with van der Waals surface area (Å²) in [5.74, 6) is 2.07. The van der Waals surface area contributed by atoms with Crippen LogP contribution in [0.1, 0.15) is 17.2 Å². The maximum atomic E-state index is 6.21. The summed E-state index contributed by atoms with van der Waals surface area (Å²) in [6.45, 7) is 1.60. The van der Waals surface area contributed by atoms with E-state index in [9.17, 15) is 0 Å². The van der Waals surface area contributed by atoms with Crippen LogP contribution in [0.5, 0.6) is 11.5 Å². The van der Waals surface area contributed by atoms with Crippen LogP contribution in [0.2, 0.25) is 0 Å². The summed E-state index contributed by atoms with van der Waals surface area (Å²) in [4.78, 5) is 7.00. The molecule has 2 aliphatic heterocycles. The lowest BCUT2D eigenvalue weighted by Crippen LogP contribution is -2.43. The van der Waals surface area contributed by atoms with E-state index < -0.39 is 0 Å². The standard InChI is InChI=1S/C23H26N4O2.ClH/c1-27-13-16(12-15-8-4-6-10-19(15)28-2)21-18(14-27)22(26-23(24)25-21)17-9-5-7-11-20(17)29-3;/h4-12,22H,13-14H2,1-3H3,(H3,24,25,26);1H/b16-12+;. The molecule has 3 N–H and O–H groups in total. The van der Waals surface area contributed by atoms with Crippen molar-refractivity contribution < 1.29 is 9.47 Å². The second-order valence-electron chi connectivity index (χ2n) is 7.27. The lowest BCUT2D eigenvalue weighted by Gasteiger charge is -2.36. The number of nitrogens with one attached hydrogen (secondary N) is 1. The number of halogens is 1. The molecule has 0 fully saturated rings. The van der Waals surface area contributed by atoms with Crippen LogP contribution in [-0.2, 0) is 0 Å². The topological polar surface area (TPSA) is 72.1 Å². The number of guanidine groups is 1. The minimum absolute atomic E-state index is 0. The Morgan fingerprint density at radius 3 is 2.43 bits per heavy atom. The number of para-hydroxylation sites is 2. The molecule has 1 atom stereocenters. The molecule has 158 valence electrons. The van der Waals surface area contributed by atoms with Gasteiger partial charge in [-0.3, -0.25) is 4.90 Å². The van der Waals surface area contributed by atoms with Crippen molar-refractivity contribution >= 4 is 24.4 Å². The summed E-state index contributed by atoms with van der Waals surface area (Å²) in [6, 6.07) is 15.8. The molecule has 2 aliphatic rings. The number of hydrogen-bond acceptors (Lipinski definition) is 6. The van der Waals surface area contributed by atoms with Crippen molar-refractivity contribution in [2.45, 2.75) is 6.04 Å². The Kier molecular flexibility index (Phi) is 6.70. The molecule has 0 radical (unpaired) electrons. The Bertz CT molecular complexity index is 1020. The molecule has 0 saturated heterocycles. The van der Waals surface area contributed by atoms with E-state index in [1.165, 1.54) is 5.57 Å². The van der Waals surface area contributed by atoms with Crippen LogP contribution in [0, 0.1) is 0 Å². The van der Waals surface area contributed by atoms with Gasteiger partial charge in [-0.15, -0.1) is 12.4 Å². The first-order valence-corrected chi connectivity index (χ1v) is 9.59. The first-order valence-electron chi connectivity index (χ1n) is 9.59. The summed E-state index contributed by atoms with van der Waals surface area (Å²) >= 11 is 0. The molecule has 2 aromatic rings. The molecule has 0 spiro atoms. The minimum Gasteiger partial charge on any atom is -0.496 e. The largest absolute Gasteiger partial charge is 0.496 e. The van der Waals surface area contributed by atoms with Gasteiger partial charge in [0.1, 0.15) is 17.5 Å². The molecule has 30 heavy (non-hydrogen) atoms. The summed E-state index contributed by atoms with van der Waals surface area (Å²) in [7, 11) is 5.49. The van der Waals surface area contributed by atoms with Gasteiger partial charge in [0.15, 0.2) is 5.96 Å². The molecule has 2 heterocycles. The SMILES string of the molecule is COc1ccccc1/C=C1\CN(C)CC2=C1NC(N)=NC2c1ccccc1OC.Cl. The Labute approximate surface area is 183 Å². The average Bonchev–Trinajstić information content (AvgIpc) is 2.74. The smallest absolute Gasteiger partial charge is 0.194 e. The van der Waals surface area contributed by atoms with Crippen LogP contribution in [0.15, 0.2) is 70.4 Å². The number of ether oxygens (including phenoxy) is 2. The van der Waals surface area contributed by atoms with Gasteiger partial charge in [0.05, 0.1) is 14.2 Å². The van der Waals surface area contributed by atoms with Crippen LogP contribution in [-0.4, -0.2) is 45.2 Å². The molecule has 7 heteroatoms. The van der Waals surface area contributed by atoms with Crippen molar-refractivity contribution in [3.8, 4) is 11.5 Å². The van der Waals surface area contributed by atoms with Crippen LogP contribution in [0.4, 0.5) is 0 Å². The predicted octanol–water partition coefficient (Wildman–Crippen LogP) is 3.37. The van der Waals surface area contributed by atoms with E-state index in [1.54, 1.807) is 14.2 Å². The molecular formula is C23H27ClN4O2. The van der Waals surface area contributed by atoms with Crippen molar-refractivity contribution in [1.82, 2.24) is 10.2 Å². The molecule has 0 bridgehead atoms. The van der Waals surface area contributed by atoms with Gasteiger partial charge in [0.2, 0.25) is 0 Å². The zero-order valence-electron chi connectivity index (χ0n) is 17.4. The van der Waals surface area contributed by atoms with Gasteiger partial charge >= 0.3 is 0 Å². The molecule has 1 unspecified atom stereocenters. The number of nitrogens with two attached hydrogens (primary N) is 1. The third kappa shape index (κ3) is 4.15. The fraction of sp³-hybridized carbons (Fsp3) is 0.261. The normalized spacial score (nSPS) is 20.0. The molecule has 2 aromatic carbocycles. The van der Waals surface area contributed by atoms with E-state index >= 15 is 0 Å². The maximum Gasteiger partial charge on any atom is 0.194 e. The van der Waals surface area contributed by atoms with Crippen molar-refractivity contribution in [2.24, 2.45) is 10.7 Å². The predicted molar refractivity (Wildman–Crippen MR) is 123 cm³/mol. The van der Waals surface area contributed by atoms with Crippen LogP contribution in [0.3, 0.4) is 0 Å². The van der Waals surface area contributed by atoms with Gasteiger partial charge in [0.25, 0.3) is 0 Å². The van der Waals surface area contributed by atoms with Crippen molar-refractivity contribution in [1.29, 1.82) is 0 Å². The highest BCUT2D eigenvalue weighted by molar-refractivity contribution is 5.85. The van der Waals surface area contributed by atoms with Gasteiger partial charge in [-0.1, -0.05) is 36.4 Å². The molecule has 0 amide bonds. The van der Waals surface area contributed by atoms with Crippen LogP contribution < -0.4 is 20.5 Å². The van der Waals surface area contributed by atoms with Gasteiger partial charge in [-0.2, -0.15) is 0 Å². The molecule has 4 rings (SSSR count). The van der Waals surface area contributed by atoms with Crippen molar-refractivity contribution in [2.75, 3.05) is 34.4 Å². The van der Waals surface area contributed by atoms with E-state index in [-0.39, 0.29) is 18.4 Å². The molecule has 6 nitrogen and oxygen atoms in total. The highest BCUT2D eigenvalue weighted by Crippen LogP contribution is 2.39. The first kappa shape index (κ1) is 21.7. The third-order valence-corrected chi connectivity index (χ3v) is 5.28. The number of likely N-dealkylation sites (N-methyl/N-ethyl adjacent to an activating group) is 1. The molecule has 0 saturated carbocycles. The number of nitrogens with zero attached hydrogens (tertiary/aromatic N) is 2. The van der Waals surface area contributed by atoms with E-state index in [0.29, 0.717) is 5.96 Å². The van der Waals surface area contributed by atoms with Crippen molar-refractivity contribution in [3.63, 3.8) is 0 Å². The number of benzene rings is 2. The lowest BCUT2D eigenvalue weighted by atomic mass is 9.89. The number of aliphatic imine (C=N–C) groups is 1. The Hall–Kier alpha value is -2.96. The molecule has 0 aliphatic carbocycles. The van der Waals surface area contributed by atoms with E-state index in [1.807, 2.05) is 36.4 Å². The van der Waals surface area contributed by atoms with Crippen molar-refractivity contribution in [3.05, 3.63) is 76.5 Å². The fourth-order valence-electron chi connectivity index (χ4n) is 4.00. The highest BCUT2D eigenvalue weighted by Gasteiger charge is 2.32. The number of methoxy groups -OCH3 is 2. The maximum absolute atomic E-state index is 6.21. The highest BCUT2D eigenvalue weighted by atomic mass is 35.5. The quantitative estimate of drug-likeness (QED) is 0.784. The monoisotopic (exact) mass is 426 g/mol. The summed E-state index contributed by atoms with van der Waals surface area (Å²) in [5, 5.41) is 3.31. The Morgan fingerprint density at radius 2 is 1.70 bits per heavy atom. The third-order valence-electron chi connectivity index (χ3n) is 5.28. The Balaban J connectivity index is 0.00000256. The second-order valence-corrected chi connectivity index (χ2v) is 7.27. The molecule has 0 aromatic heterocycles. The number of hydrogen-bond donors (Lipinski definition) is 2. The Morgan fingerprint density at radius 1 is 1.03 bits per heavy atom. The zero-order chi connectivity index (χ0) is 20.4. The van der Waals surface area contributed by atoms with E-state index in [2.05, 4.69) is 35.5 Å². The van der Waals surface area contributed by atoms with Crippen LogP contribution >= 0.6 is 12.4 Å². The summed E-state index contributed by atoms with van der Waals surface area (Å²) in [6.07, 6.45) is 2.16. The summed E-state index contributed by atoms with van der Waals surface area (Å²) < 4.78 is 11.1. The molecular weight excluding hydrogens is 400 g/mol. The fourth-order valence-corrected chi connectivity index (χ4v) is 4.00. The summed E-state index contributed by atoms with van der Waals surface area (Å²) in [5.41, 5.74) is 11.6. The van der Waals surface area contributed by atoms with Gasteiger partial charge in [-0.25, -0.2) is 4.99 Å². The minimum atomic E-state index is -0.189. The lowest BCUT2D eigenvalue weighted by molar-refractivity contribution is 0.365. The van der Waals surface area contributed by atoms with E-state index in [0.717, 1.165) is 47.0 Å². The second kappa shape index (κ2) is 9.24. The number of rotatable bonds is 4. The zero-order valence-corrected chi connectivity index (χ0v) is 18.2. The van der Waals surface area contributed by atoms with Crippen LogP contribution in [0.25, 0.3) is 6.08 Å².